The highest BCUT2D eigenvalue weighted by atomic mass is 127. The monoisotopic (exact) mass is 302 g/mol. The second-order valence-corrected chi connectivity index (χ2v) is 4.08. The highest BCUT2D eigenvalue weighted by Crippen LogP contribution is 2.21. The number of hydrogen-bond acceptors (Lipinski definition) is 0. The summed E-state index contributed by atoms with van der Waals surface area (Å²) in [5.41, 5.74) is 0.971. The smallest absolute Gasteiger partial charge is 0.0850 e. The van der Waals surface area contributed by atoms with Crippen molar-refractivity contribution in [3.8, 4) is 5.69 Å². The molecule has 0 fully saturated rings. The molecule has 0 aliphatic rings. The minimum absolute atomic E-state index is 0.743. The average molecular weight is 303 g/mol. The van der Waals surface area contributed by atoms with Gasteiger partial charge in [0.05, 0.1) is 20.6 Å². The van der Waals surface area contributed by atoms with Crippen LogP contribution < -0.4 is 0 Å². The van der Waals surface area contributed by atoms with Crippen molar-refractivity contribution >= 4 is 34.2 Å². The van der Waals surface area contributed by atoms with Gasteiger partial charge in [0, 0.05) is 0 Å². The lowest BCUT2D eigenvalue weighted by atomic mass is 10.3. The van der Waals surface area contributed by atoms with Gasteiger partial charge in [0.15, 0.2) is 0 Å². The lowest BCUT2D eigenvalue weighted by Gasteiger charge is -2.05. The Morgan fingerprint density at radius 1 is 1.23 bits per heavy atom. The van der Waals surface area contributed by atoms with Gasteiger partial charge in [-0.1, -0.05) is 23.7 Å². The quantitative estimate of drug-likeness (QED) is 0.710. The summed E-state index contributed by atoms with van der Waals surface area (Å²) < 4.78 is 3.04. The first-order valence-electron chi connectivity index (χ1n) is 3.79. The van der Waals surface area contributed by atoms with E-state index < -0.39 is 0 Å². The van der Waals surface area contributed by atoms with E-state index in [9.17, 15) is 0 Å². The fraction of sp³-hybridized carbons (Fsp3) is 0. The molecule has 3 heteroatoms. The van der Waals surface area contributed by atoms with Crippen LogP contribution in [0.1, 0.15) is 0 Å². The zero-order chi connectivity index (χ0) is 9.26. The Morgan fingerprint density at radius 3 is 2.62 bits per heavy atom. The predicted octanol–water partition coefficient (Wildman–Crippen LogP) is 3.54. The second-order valence-electron chi connectivity index (χ2n) is 2.57. The molecule has 0 N–H and O–H groups in total. The maximum atomic E-state index is 6.04. The maximum Gasteiger partial charge on any atom is 0.0850 e. The van der Waals surface area contributed by atoms with Crippen LogP contribution in [-0.2, 0) is 0 Å². The maximum absolute atomic E-state index is 6.04. The summed E-state index contributed by atoms with van der Waals surface area (Å²) >= 11 is 8.29. The van der Waals surface area contributed by atoms with E-state index in [2.05, 4.69) is 28.8 Å². The Morgan fingerprint density at radius 2 is 2.00 bits per heavy atom. The molecule has 0 spiro atoms. The SMILES string of the molecule is Clc1ccccc1-n1[c]ccc1I. The van der Waals surface area contributed by atoms with Gasteiger partial charge in [-0.3, -0.25) is 0 Å². The van der Waals surface area contributed by atoms with Gasteiger partial charge < -0.3 is 4.57 Å². The summed E-state index contributed by atoms with van der Waals surface area (Å²) in [6, 6.07) is 11.6. The molecule has 1 heterocycles. The molecule has 1 nitrogen and oxygen atoms in total. The Kier molecular flexibility index (Phi) is 2.60. The fourth-order valence-electron chi connectivity index (χ4n) is 1.13. The molecule has 0 amide bonds. The molecule has 0 unspecified atom stereocenters. The van der Waals surface area contributed by atoms with Gasteiger partial charge in [0.1, 0.15) is 0 Å². The van der Waals surface area contributed by atoms with Gasteiger partial charge in [0.25, 0.3) is 0 Å². The van der Waals surface area contributed by atoms with E-state index in [1.54, 1.807) is 0 Å². The van der Waals surface area contributed by atoms with Gasteiger partial charge in [-0.15, -0.1) is 0 Å². The van der Waals surface area contributed by atoms with Crippen LogP contribution in [0.3, 0.4) is 0 Å². The van der Waals surface area contributed by atoms with Crippen molar-refractivity contribution in [2.45, 2.75) is 0 Å². The molecular formula is C10H6ClIN. The van der Waals surface area contributed by atoms with Crippen LogP contribution >= 0.6 is 34.2 Å². The molecule has 1 aromatic carbocycles. The van der Waals surface area contributed by atoms with Crippen molar-refractivity contribution in [1.29, 1.82) is 0 Å². The average Bonchev–Trinajstić information content (AvgIpc) is 2.52. The molecule has 2 rings (SSSR count). The summed E-state index contributed by atoms with van der Waals surface area (Å²) in [6.07, 6.45) is 3.09. The molecule has 2 aromatic rings. The zero-order valence-corrected chi connectivity index (χ0v) is 9.58. The molecule has 0 aliphatic carbocycles. The van der Waals surface area contributed by atoms with E-state index in [0.717, 1.165) is 14.4 Å². The third-order valence-corrected chi connectivity index (χ3v) is 2.89. The number of halogens is 2. The summed E-state index contributed by atoms with van der Waals surface area (Å²) in [5, 5.41) is 0.743. The molecular weight excluding hydrogens is 296 g/mol. The third kappa shape index (κ3) is 1.74. The topological polar surface area (TPSA) is 4.93 Å². The molecule has 1 radical (unpaired) electrons. The normalized spacial score (nSPS) is 10.3. The van der Waals surface area contributed by atoms with Crippen molar-refractivity contribution in [3.63, 3.8) is 0 Å². The molecule has 0 saturated carbocycles. The lowest BCUT2D eigenvalue weighted by Crippen LogP contribution is -1.94. The molecule has 0 bridgehead atoms. The Labute approximate surface area is 95.5 Å². The van der Waals surface area contributed by atoms with Gasteiger partial charge in [-0.05, 0) is 46.9 Å². The van der Waals surface area contributed by atoms with Crippen LogP contribution in [0.4, 0.5) is 0 Å². The van der Waals surface area contributed by atoms with E-state index in [4.69, 9.17) is 11.6 Å². The van der Waals surface area contributed by atoms with Gasteiger partial charge in [0.2, 0.25) is 0 Å². The Hall–Kier alpha value is -0.480. The van der Waals surface area contributed by atoms with Crippen molar-refractivity contribution in [2.75, 3.05) is 0 Å². The van der Waals surface area contributed by atoms with E-state index in [-0.39, 0.29) is 0 Å². The van der Waals surface area contributed by atoms with Crippen LogP contribution in [0.25, 0.3) is 5.69 Å². The third-order valence-electron chi connectivity index (χ3n) is 1.73. The summed E-state index contributed by atoms with van der Waals surface area (Å²) in [5.74, 6) is 0. The van der Waals surface area contributed by atoms with Crippen molar-refractivity contribution in [3.05, 3.63) is 51.3 Å². The Balaban J connectivity index is 2.59. The van der Waals surface area contributed by atoms with Crippen LogP contribution in [0.5, 0.6) is 0 Å². The molecule has 0 aliphatic heterocycles. The summed E-state index contributed by atoms with van der Waals surface area (Å²) in [6.45, 7) is 0. The van der Waals surface area contributed by atoms with Gasteiger partial charge in [-0.2, -0.15) is 0 Å². The number of aromatic nitrogens is 1. The predicted molar refractivity (Wildman–Crippen MR) is 62.3 cm³/mol. The second kappa shape index (κ2) is 3.72. The summed E-state index contributed by atoms with van der Waals surface area (Å²) in [4.78, 5) is 0. The Bertz CT molecular complexity index is 422. The summed E-state index contributed by atoms with van der Waals surface area (Å²) in [7, 11) is 0. The number of benzene rings is 1. The fourth-order valence-corrected chi connectivity index (χ4v) is 1.93. The first-order chi connectivity index (χ1) is 6.29. The van der Waals surface area contributed by atoms with E-state index in [0.29, 0.717) is 0 Å². The number of para-hydroxylation sites is 1. The lowest BCUT2D eigenvalue weighted by molar-refractivity contribution is 1.04. The van der Waals surface area contributed by atoms with E-state index in [1.807, 2.05) is 41.0 Å². The van der Waals surface area contributed by atoms with Gasteiger partial charge >= 0.3 is 0 Å². The van der Waals surface area contributed by atoms with Crippen LogP contribution in [0, 0.1) is 9.90 Å². The first kappa shape index (κ1) is 9.09. The van der Waals surface area contributed by atoms with Crippen molar-refractivity contribution < 1.29 is 0 Å². The van der Waals surface area contributed by atoms with Crippen LogP contribution in [0.15, 0.2) is 36.4 Å². The molecule has 65 valence electrons. The standard InChI is InChI=1S/C10H6ClIN/c11-8-4-1-2-5-9(8)13-7-3-6-10(13)12/h1-6H. The minimum Gasteiger partial charge on any atom is -0.301 e. The minimum atomic E-state index is 0.743. The van der Waals surface area contributed by atoms with Crippen LogP contribution in [0.2, 0.25) is 5.02 Å². The van der Waals surface area contributed by atoms with Crippen molar-refractivity contribution in [1.82, 2.24) is 4.57 Å². The number of hydrogen-bond donors (Lipinski definition) is 0. The largest absolute Gasteiger partial charge is 0.301 e. The zero-order valence-electron chi connectivity index (χ0n) is 6.67. The molecule has 0 atom stereocenters. The van der Waals surface area contributed by atoms with Crippen LogP contribution in [-0.4, -0.2) is 4.57 Å². The number of nitrogens with zero attached hydrogens (tertiary/aromatic N) is 1. The van der Waals surface area contributed by atoms with Crippen molar-refractivity contribution in [2.24, 2.45) is 0 Å². The van der Waals surface area contributed by atoms with E-state index in [1.165, 1.54) is 0 Å². The first-order valence-corrected chi connectivity index (χ1v) is 5.24. The highest BCUT2D eigenvalue weighted by molar-refractivity contribution is 14.1. The molecule has 13 heavy (non-hydrogen) atoms. The number of rotatable bonds is 1. The molecule has 1 aromatic heterocycles. The van der Waals surface area contributed by atoms with E-state index >= 15 is 0 Å². The highest BCUT2D eigenvalue weighted by Gasteiger charge is 2.03. The van der Waals surface area contributed by atoms with Gasteiger partial charge in [-0.25, -0.2) is 0 Å². The molecule has 0 saturated heterocycles.